The van der Waals surface area contributed by atoms with Crippen LogP contribution in [0.1, 0.15) is 27.2 Å². The summed E-state index contributed by atoms with van der Waals surface area (Å²) in [5, 5.41) is 0.284. The van der Waals surface area contributed by atoms with Crippen molar-refractivity contribution in [2.24, 2.45) is 0 Å². The highest BCUT2D eigenvalue weighted by Crippen LogP contribution is 2.38. The topological polar surface area (TPSA) is 18.5 Å². The lowest BCUT2D eigenvalue weighted by molar-refractivity contribution is 0.137. The summed E-state index contributed by atoms with van der Waals surface area (Å²) < 4.78 is 11.4. The van der Waals surface area contributed by atoms with Gasteiger partial charge >= 0.3 is 0 Å². The molecule has 14 heavy (non-hydrogen) atoms. The Morgan fingerprint density at radius 1 is 1.36 bits per heavy atom. The fourth-order valence-electron chi connectivity index (χ4n) is 1.08. The van der Waals surface area contributed by atoms with Gasteiger partial charge in [-0.3, -0.25) is 0 Å². The van der Waals surface area contributed by atoms with E-state index < -0.39 is 8.32 Å². The quantitative estimate of drug-likeness (QED) is 0.657. The molecular weight excluding hydrogens is 192 g/mol. The molecule has 0 spiro atoms. The van der Waals surface area contributed by atoms with Crippen molar-refractivity contribution in [2.45, 2.75) is 45.3 Å². The van der Waals surface area contributed by atoms with Gasteiger partial charge in [-0.25, -0.2) is 0 Å². The van der Waals surface area contributed by atoms with E-state index in [1.807, 2.05) is 0 Å². The van der Waals surface area contributed by atoms with E-state index in [1.165, 1.54) is 0 Å². The van der Waals surface area contributed by atoms with Crippen molar-refractivity contribution in [1.29, 1.82) is 0 Å². The maximum atomic E-state index is 6.16. The Hall–Kier alpha value is -0.283. The molecule has 1 aliphatic rings. The van der Waals surface area contributed by atoms with Gasteiger partial charge in [-0.1, -0.05) is 20.8 Å². The molecule has 0 radical (unpaired) electrons. The largest absolute Gasteiger partial charge is 0.547 e. The smallest absolute Gasteiger partial charge is 0.250 e. The molecule has 0 aromatic carbocycles. The van der Waals surface area contributed by atoms with Crippen molar-refractivity contribution in [3.63, 3.8) is 0 Å². The van der Waals surface area contributed by atoms with Crippen LogP contribution in [0.5, 0.6) is 0 Å². The maximum Gasteiger partial charge on any atom is 0.250 e. The van der Waals surface area contributed by atoms with Gasteiger partial charge in [0.15, 0.2) is 0 Å². The Labute approximate surface area is 88.4 Å². The summed E-state index contributed by atoms with van der Waals surface area (Å²) in [6, 6.07) is 0. The second-order valence-electron chi connectivity index (χ2n) is 5.36. The third kappa shape index (κ3) is 2.85. The number of hydrogen-bond acceptors (Lipinski definition) is 2. The van der Waals surface area contributed by atoms with Crippen molar-refractivity contribution >= 4 is 8.32 Å². The first-order valence-corrected chi connectivity index (χ1v) is 8.19. The molecule has 3 heteroatoms. The summed E-state index contributed by atoms with van der Waals surface area (Å²) in [5.74, 6) is 1.14. The molecule has 1 rings (SSSR count). The van der Waals surface area contributed by atoms with Gasteiger partial charge in [-0.2, -0.15) is 0 Å². The van der Waals surface area contributed by atoms with Crippen molar-refractivity contribution in [3.8, 4) is 0 Å². The molecule has 0 fully saturated rings. The van der Waals surface area contributed by atoms with E-state index in [0.717, 1.165) is 18.8 Å². The van der Waals surface area contributed by atoms with Crippen LogP contribution in [0.4, 0.5) is 0 Å². The van der Waals surface area contributed by atoms with E-state index in [-0.39, 0.29) is 5.04 Å². The van der Waals surface area contributed by atoms with Crippen LogP contribution in [0.25, 0.3) is 0 Å². The normalized spacial score (nSPS) is 19.1. The summed E-state index contributed by atoms with van der Waals surface area (Å²) in [6.07, 6.45) is 3.01. The number of hydrogen-bond donors (Lipinski definition) is 0. The van der Waals surface area contributed by atoms with Gasteiger partial charge in [0.05, 0.1) is 19.0 Å². The minimum atomic E-state index is -1.62. The van der Waals surface area contributed by atoms with E-state index in [0.29, 0.717) is 6.61 Å². The number of rotatable bonds is 2. The second kappa shape index (κ2) is 4.07. The minimum Gasteiger partial charge on any atom is -0.547 e. The Bertz CT molecular complexity index is 226. The highest BCUT2D eigenvalue weighted by molar-refractivity contribution is 6.74. The van der Waals surface area contributed by atoms with E-state index in [9.17, 15) is 0 Å². The van der Waals surface area contributed by atoms with E-state index in [2.05, 4.69) is 39.9 Å². The fourth-order valence-corrected chi connectivity index (χ4v) is 2.23. The molecule has 0 aliphatic carbocycles. The second-order valence-corrected chi connectivity index (χ2v) is 10.1. The van der Waals surface area contributed by atoms with Crippen LogP contribution < -0.4 is 0 Å². The molecule has 0 aromatic rings. The SMILES string of the molecule is CC(C)(C)[Si](C)(C)OC1=CCOCC1. The van der Waals surface area contributed by atoms with Crippen LogP contribution >= 0.6 is 0 Å². The lowest BCUT2D eigenvalue weighted by atomic mass is 10.2. The Morgan fingerprint density at radius 2 is 2.00 bits per heavy atom. The van der Waals surface area contributed by atoms with E-state index >= 15 is 0 Å². The average molecular weight is 214 g/mol. The fraction of sp³-hybridized carbons (Fsp3) is 0.818. The first-order valence-electron chi connectivity index (χ1n) is 5.29. The lowest BCUT2D eigenvalue weighted by Gasteiger charge is -2.37. The van der Waals surface area contributed by atoms with Gasteiger partial charge in [-0.15, -0.1) is 0 Å². The molecule has 1 aliphatic heterocycles. The van der Waals surface area contributed by atoms with Crippen molar-refractivity contribution < 1.29 is 9.16 Å². The molecule has 0 saturated carbocycles. The summed E-state index contributed by atoms with van der Waals surface area (Å²) in [5.41, 5.74) is 0. The third-order valence-corrected chi connectivity index (χ3v) is 7.50. The van der Waals surface area contributed by atoms with Crippen LogP contribution in [0, 0.1) is 0 Å². The van der Waals surface area contributed by atoms with Crippen LogP contribution in [0.15, 0.2) is 11.8 Å². The third-order valence-electron chi connectivity index (χ3n) is 3.11. The molecule has 82 valence electrons. The van der Waals surface area contributed by atoms with Crippen molar-refractivity contribution in [2.75, 3.05) is 13.2 Å². The summed E-state index contributed by atoms with van der Waals surface area (Å²) in [6.45, 7) is 12.9. The number of ether oxygens (including phenoxy) is 1. The summed E-state index contributed by atoms with van der Waals surface area (Å²) in [4.78, 5) is 0. The Morgan fingerprint density at radius 3 is 2.43 bits per heavy atom. The molecule has 0 aromatic heterocycles. The van der Waals surface area contributed by atoms with Crippen molar-refractivity contribution in [1.82, 2.24) is 0 Å². The summed E-state index contributed by atoms with van der Waals surface area (Å²) >= 11 is 0. The minimum absolute atomic E-state index is 0.284. The zero-order valence-corrected chi connectivity index (χ0v) is 11.0. The molecule has 0 N–H and O–H groups in total. The molecule has 0 atom stereocenters. The van der Waals surface area contributed by atoms with Crippen LogP contribution in [0.3, 0.4) is 0 Å². The summed E-state index contributed by atoms with van der Waals surface area (Å²) in [7, 11) is -1.62. The van der Waals surface area contributed by atoms with Crippen LogP contribution in [-0.2, 0) is 9.16 Å². The highest BCUT2D eigenvalue weighted by atomic mass is 28.4. The first-order chi connectivity index (χ1) is 6.33. The lowest BCUT2D eigenvalue weighted by Crippen LogP contribution is -2.40. The van der Waals surface area contributed by atoms with Gasteiger partial charge in [0.25, 0.3) is 0 Å². The zero-order valence-electron chi connectivity index (χ0n) is 10.0. The molecule has 0 amide bonds. The maximum absolute atomic E-state index is 6.16. The predicted molar refractivity (Wildman–Crippen MR) is 61.8 cm³/mol. The monoisotopic (exact) mass is 214 g/mol. The van der Waals surface area contributed by atoms with Gasteiger partial charge in [0.1, 0.15) is 0 Å². The highest BCUT2D eigenvalue weighted by Gasteiger charge is 2.39. The van der Waals surface area contributed by atoms with Gasteiger partial charge < -0.3 is 9.16 Å². The van der Waals surface area contributed by atoms with Gasteiger partial charge in [-0.05, 0) is 24.2 Å². The Kier molecular flexibility index (Phi) is 3.43. The van der Waals surface area contributed by atoms with Crippen LogP contribution in [0.2, 0.25) is 18.1 Å². The molecular formula is C11H22O2Si. The Balaban J connectivity index is 2.62. The average Bonchev–Trinajstić information content (AvgIpc) is 2.03. The predicted octanol–water partition coefficient (Wildman–Crippen LogP) is 3.31. The first kappa shape index (κ1) is 11.8. The standard InChI is InChI=1S/C11H22O2Si/c1-11(2,3)14(4,5)13-10-6-8-12-9-7-10/h6H,7-9H2,1-5H3. The molecule has 0 saturated heterocycles. The molecule has 2 nitrogen and oxygen atoms in total. The molecule has 1 heterocycles. The van der Waals surface area contributed by atoms with Crippen LogP contribution in [-0.4, -0.2) is 21.5 Å². The van der Waals surface area contributed by atoms with Gasteiger partial charge in [0, 0.05) is 6.42 Å². The van der Waals surface area contributed by atoms with Crippen molar-refractivity contribution in [3.05, 3.63) is 11.8 Å². The van der Waals surface area contributed by atoms with Gasteiger partial charge in [0.2, 0.25) is 8.32 Å². The zero-order chi connectivity index (χ0) is 10.8. The van der Waals surface area contributed by atoms with E-state index in [4.69, 9.17) is 9.16 Å². The molecule has 0 unspecified atom stereocenters. The molecule has 0 bridgehead atoms. The van der Waals surface area contributed by atoms with E-state index in [1.54, 1.807) is 0 Å².